The van der Waals surface area contributed by atoms with E-state index in [1.807, 2.05) is 6.07 Å². The Morgan fingerprint density at radius 3 is 3.06 bits per heavy atom. The van der Waals surface area contributed by atoms with E-state index < -0.39 is 6.04 Å². The molecule has 1 unspecified atom stereocenters. The zero-order chi connectivity index (χ0) is 12.3. The highest BCUT2D eigenvalue weighted by Crippen LogP contribution is 2.17. The highest BCUT2D eigenvalue weighted by atomic mass is 35.5. The van der Waals surface area contributed by atoms with Crippen molar-refractivity contribution in [2.45, 2.75) is 24.8 Å². The van der Waals surface area contributed by atoms with E-state index >= 15 is 0 Å². The molecule has 1 saturated heterocycles. The van der Waals surface area contributed by atoms with Crippen LogP contribution in [0.4, 0.5) is 5.82 Å². The second kappa shape index (κ2) is 5.14. The number of nitrogens with zero attached hydrogens (tertiary/aromatic N) is 1. The first-order valence-corrected chi connectivity index (χ1v) is 5.84. The van der Waals surface area contributed by atoms with Crippen molar-refractivity contribution in [2.24, 2.45) is 0 Å². The Bertz CT molecular complexity index is 450. The van der Waals surface area contributed by atoms with E-state index in [-0.39, 0.29) is 11.8 Å². The Morgan fingerprint density at radius 1 is 1.53 bits per heavy atom. The first kappa shape index (κ1) is 11.9. The summed E-state index contributed by atoms with van der Waals surface area (Å²) in [7, 11) is 0. The molecule has 2 N–H and O–H groups in total. The van der Waals surface area contributed by atoms with E-state index in [0.29, 0.717) is 24.5 Å². The molecule has 1 fully saturated rings. The van der Waals surface area contributed by atoms with Crippen LogP contribution in [-0.4, -0.2) is 22.8 Å². The maximum absolute atomic E-state index is 11.6. The van der Waals surface area contributed by atoms with Gasteiger partial charge in [0.2, 0.25) is 11.8 Å². The van der Waals surface area contributed by atoms with Gasteiger partial charge in [0.1, 0.15) is 11.9 Å². The number of carbonyl (C=O) groups is 2. The van der Waals surface area contributed by atoms with Gasteiger partial charge in [0, 0.05) is 18.2 Å². The van der Waals surface area contributed by atoms with Crippen molar-refractivity contribution in [1.82, 2.24) is 10.3 Å². The largest absolute Gasteiger partial charge is 0.358 e. The molecule has 0 radical (unpaired) electrons. The van der Waals surface area contributed by atoms with E-state index in [1.54, 1.807) is 12.3 Å². The number of amides is 2. The van der Waals surface area contributed by atoms with Crippen LogP contribution in [0.2, 0.25) is 0 Å². The van der Waals surface area contributed by atoms with Gasteiger partial charge in [-0.05, 0) is 12.5 Å². The van der Waals surface area contributed by atoms with Gasteiger partial charge in [-0.25, -0.2) is 4.98 Å². The molecule has 90 valence electrons. The fraction of sp³-hybridized carbons (Fsp3) is 0.364. The fourth-order valence-electron chi connectivity index (χ4n) is 1.67. The van der Waals surface area contributed by atoms with Crippen LogP contribution in [0.5, 0.6) is 0 Å². The number of imide groups is 1. The monoisotopic (exact) mass is 253 g/mol. The Hall–Kier alpha value is -1.62. The minimum atomic E-state index is -0.426. The second-order valence-electron chi connectivity index (χ2n) is 3.79. The van der Waals surface area contributed by atoms with E-state index in [1.165, 1.54) is 0 Å². The van der Waals surface area contributed by atoms with Crippen LogP contribution in [0.25, 0.3) is 0 Å². The molecule has 0 aliphatic carbocycles. The second-order valence-corrected chi connectivity index (χ2v) is 4.06. The third kappa shape index (κ3) is 2.74. The molecule has 1 aliphatic heterocycles. The number of rotatable bonds is 3. The molecule has 1 aromatic heterocycles. The van der Waals surface area contributed by atoms with Gasteiger partial charge in [0.05, 0.1) is 5.88 Å². The fourth-order valence-corrected chi connectivity index (χ4v) is 1.89. The van der Waals surface area contributed by atoms with Crippen LogP contribution >= 0.6 is 11.6 Å². The number of hydrogen-bond donors (Lipinski definition) is 2. The summed E-state index contributed by atoms with van der Waals surface area (Å²) in [4.78, 5) is 26.7. The molecule has 0 aromatic carbocycles. The zero-order valence-electron chi connectivity index (χ0n) is 9.07. The van der Waals surface area contributed by atoms with Crippen molar-refractivity contribution in [3.05, 3.63) is 23.9 Å². The lowest BCUT2D eigenvalue weighted by atomic mass is 10.1. The molecule has 2 amide bonds. The molecule has 6 heteroatoms. The molecule has 5 nitrogen and oxygen atoms in total. The summed E-state index contributed by atoms with van der Waals surface area (Å²) >= 11 is 5.77. The van der Waals surface area contributed by atoms with Crippen LogP contribution < -0.4 is 10.6 Å². The number of aromatic nitrogens is 1. The van der Waals surface area contributed by atoms with Crippen LogP contribution in [0.1, 0.15) is 18.4 Å². The van der Waals surface area contributed by atoms with E-state index in [9.17, 15) is 9.59 Å². The standard InChI is InChI=1S/C11H12ClN3O2/c12-6-7-2-1-5-13-10(7)14-8-3-4-9(16)15-11(8)17/h1-2,5,8H,3-4,6H2,(H,13,14)(H,15,16,17). The molecular formula is C11H12ClN3O2. The van der Waals surface area contributed by atoms with Gasteiger partial charge in [0.25, 0.3) is 0 Å². The highest BCUT2D eigenvalue weighted by Gasteiger charge is 2.26. The third-order valence-corrected chi connectivity index (χ3v) is 2.87. The minimum absolute atomic E-state index is 0.230. The van der Waals surface area contributed by atoms with Crippen LogP contribution in [-0.2, 0) is 15.5 Å². The third-order valence-electron chi connectivity index (χ3n) is 2.59. The van der Waals surface area contributed by atoms with Gasteiger partial charge in [-0.3, -0.25) is 14.9 Å². The molecule has 0 spiro atoms. The first-order valence-electron chi connectivity index (χ1n) is 5.31. The van der Waals surface area contributed by atoms with Gasteiger partial charge in [-0.1, -0.05) is 6.07 Å². The van der Waals surface area contributed by atoms with Crippen molar-refractivity contribution >= 4 is 29.2 Å². The number of piperidine rings is 1. The summed E-state index contributed by atoms with van der Waals surface area (Å²) in [6, 6.07) is 3.20. The quantitative estimate of drug-likeness (QED) is 0.624. The lowest BCUT2D eigenvalue weighted by Crippen LogP contribution is -2.47. The van der Waals surface area contributed by atoms with Crippen LogP contribution in [0, 0.1) is 0 Å². The predicted octanol–water partition coefficient (Wildman–Crippen LogP) is 1.04. The van der Waals surface area contributed by atoms with Gasteiger partial charge in [-0.15, -0.1) is 11.6 Å². The molecule has 2 heterocycles. The number of halogens is 1. The maximum atomic E-state index is 11.6. The number of nitrogens with one attached hydrogen (secondary N) is 2. The van der Waals surface area contributed by atoms with Crippen molar-refractivity contribution < 1.29 is 9.59 Å². The summed E-state index contributed by atoms with van der Waals surface area (Å²) in [6.07, 6.45) is 2.44. The van der Waals surface area contributed by atoms with E-state index in [0.717, 1.165) is 5.56 Å². The zero-order valence-corrected chi connectivity index (χ0v) is 9.83. The number of carbonyl (C=O) groups excluding carboxylic acids is 2. The minimum Gasteiger partial charge on any atom is -0.358 e. The lowest BCUT2D eigenvalue weighted by molar-refractivity contribution is -0.133. The Morgan fingerprint density at radius 2 is 2.35 bits per heavy atom. The topological polar surface area (TPSA) is 71.1 Å². The summed E-state index contributed by atoms with van der Waals surface area (Å²) in [5.41, 5.74) is 0.832. The number of anilines is 1. The molecule has 0 saturated carbocycles. The Kier molecular flexibility index (Phi) is 3.58. The first-order chi connectivity index (χ1) is 8.20. The molecule has 1 aliphatic rings. The van der Waals surface area contributed by atoms with E-state index in [2.05, 4.69) is 15.6 Å². The molecule has 17 heavy (non-hydrogen) atoms. The molecule has 1 aromatic rings. The van der Waals surface area contributed by atoms with Crippen LogP contribution in [0.3, 0.4) is 0 Å². The van der Waals surface area contributed by atoms with Crippen molar-refractivity contribution in [1.29, 1.82) is 0 Å². The summed E-state index contributed by atoms with van der Waals surface area (Å²) in [6.45, 7) is 0. The lowest BCUT2D eigenvalue weighted by Gasteiger charge is -2.23. The van der Waals surface area contributed by atoms with Crippen LogP contribution in [0.15, 0.2) is 18.3 Å². The molecular weight excluding hydrogens is 242 g/mol. The summed E-state index contributed by atoms with van der Waals surface area (Å²) in [5.74, 6) is 0.375. The van der Waals surface area contributed by atoms with Gasteiger partial charge < -0.3 is 5.32 Å². The van der Waals surface area contributed by atoms with Crippen molar-refractivity contribution in [3.8, 4) is 0 Å². The Labute approximate surface area is 104 Å². The van der Waals surface area contributed by atoms with Gasteiger partial charge >= 0.3 is 0 Å². The predicted molar refractivity (Wildman–Crippen MR) is 63.6 cm³/mol. The number of pyridine rings is 1. The SMILES string of the molecule is O=C1CCC(Nc2ncccc2CCl)C(=O)N1. The van der Waals surface area contributed by atoms with Crippen molar-refractivity contribution in [2.75, 3.05) is 5.32 Å². The maximum Gasteiger partial charge on any atom is 0.249 e. The van der Waals surface area contributed by atoms with Crippen molar-refractivity contribution in [3.63, 3.8) is 0 Å². The van der Waals surface area contributed by atoms with Gasteiger partial charge in [0.15, 0.2) is 0 Å². The molecule has 1 atom stereocenters. The summed E-state index contributed by atoms with van der Waals surface area (Å²) in [5, 5.41) is 5.30. The van der Waals surface area contributed by atoms with E-state index in [4.69, 9.17) is 11.6 Å². The molecule has 0 bridgehead atoms. The Balaban J connectivity index is 2.10. The molecule has 2 rings (SSSR count). The average Bonchev–Trinajstić information content (AvgIpc) is 2.33. The summed E-state index contributed by atoms with van der Waals surface area (Å²) < 4.78 is 0. The smallest absolute Gasteiger partial charge is 0.249 e. The number of alkyl halides is 1. The highest BCUT2D eigenvalue weighted by molar-refractivity contribution is 6.17. The van der Waals surface area contributed by atoms with Gasteiger partial charge in [-0.2, -0.15) is 0 Å². The normalized spacial score (nSPS) is 19.9. The number of hydrogen-bond acceptors (Lipinski definition) is 4. The average molecular weight is 254 g/mol.